The molecular formula is C8H12N2. The van der Waals surface area contributed by atoms with Crippen LogP contribution in [0.2, 0.25) is 0 Å². The van der Waals surface area contributed by atoms with E-state index in [-0.39, 0.29) is 6.04 Å². The summed E-state index contributed by atoms with van der Waals surface area (Å²) in [5.41, 5.74) is 1.19. The second-order valence-corrected chi connectivity index (χ2v) is 2.75. The summed E-state index contributed by atoms with van der Waals surface area (Å²) < 4.78 is 0. The van der Waals surface area contributed by atoms with Gasteiger partial charge in [-0.25, -0.2) is 0 Å². The Morgan fingerprint density at radius 1 is 1.80 bits per heavy atom. The molecule has 0 aliphatic carbocycles. The smallest absolute Gasteiger partial charge is 0.119 e. The van der Waals surface area contributed by atoms with Gasteiger partial charge in [0.15, 0.2) is 0 Å². The quantitative estimate of drug-likeness (QED) is 0.467. The number of nitrogens with zero attached hydrogens (tertiary/aromatic N) is 2. The minimum absolute atomic E-state index is 0.0220. The largest absolute Gasteiger partial charge is 0.287 e. The van der Waals surface area contributed by atoms with Crippen molar-refractivity contribution in [2.75, 3.05) is 13.6 Å². The van der Waals surface area contributed by atoms with E-state index in [1.54, 1.807) is 0 Å². The molecule has 0 radical (unpaired) electrons. The van der Waals surface area contributed by atoms with Crippen molar-refractivity contribution in [1.82, 2.24) is 4.90 Å². The van der Waals surface area contributed by atoms with Crippen molar-refractivity contribution in [3.8, 4) is 6.07 Å². The molecule has 0 saturated heterocycles. The molecule has 0 spiro atoms. The first-order valence-electron chi connectivity index (χ1n) is 3.52. The van der Waals surface area contributed by atoms with Crippen LogP contribution in [0.15, 0.2) is 11.6 Å². The molecule has 1 rings (SSSR count). The van der Waals surface area contributed by atoms with Crippen molar-refractivity contribution in [2.24, 2.45) is 0 Å². The molecule has 1 heterocycles. The standard InChI is InChI=1S/C8H12N2/c1-7-4-3-5-10(2)8(7)6-9/h4,8H,3,5H2,1-2H3. The number of nitriles is 1. The summed E-state index contributed by atoms with van der Waals surface area (Å²) in [4.78, 5) is 2.08. The Morgan fingerprint density at radius 3 is 2.90 bits per heavy atom. The summed E-state index contributed by atoms with van der Waals surface area (Å²) in [6, 6.07) is 2.28. The molecule has 2 heteroatoms. The van der Waals surface area contributed by atoms with Crippen molar-refractivity contribution in [1.29, 1.82) is 5.26 Å². The van der Waals surface area contributed by atoms with Crippen LogP contribution < -0.4 is 0 Å². The zero-order valence-electron chi connectivity index (χ0n) is 6.46. The van der Waals surface area contributed by atoms with Crippen LogP contribution in [-0.2, 0) is 0 Å². The Hall–Kier alpha value is -0.810. The van der Waals surface area contributed by atoms with E-state index in [1.165, 1.54) is 5.57 Å². The van der Waals surface area contributed by atoms with Gasteiger partial charge in [0.1, 0.15) is 6.04 Å². The molecular weight excluding hydrogens is 124 g/mol. The van der Waals surface area contributed by atoms with Gasteiger partial charge in [-0.1, -0.05) is 6.08 Å². The highest BCUT2D eigenvalue weighted by molar-refractivity contribution is 5.19. The van der Waals surface area contributed by atoms with Gasteiger partial charge in [-0.2, -0.15) is 5.26 Å². The first-order valence-corrected chi connectivity index (χ1v) is 3.52. The zero-order valence-corrected chi connectivity index (χ0v) is 6.46. The Labute approximate surface area is 61.8 Å². The van der Waals surface area contributed by atoms with Crippen molar-refractivity contribution in [2.45, 2.75) is 19.4 Å². The van der Waals surface area contributed by atoms with Gasteiger partial charge in [-0.05, 0) is 26.0 Å². The predicted molar refractivity (Wildman–Crippen MR) is 40.4 cm³/mol. The molecule has 10 heavy (non-hydrogen) atoms. The van der Waals surface area contributed by atoms with Gasteiger partial charge in [0.25, 0.3) is 0 Å². The molecule has 0 amide bonds. The average molecular weight is 136 g/mol. The highest BCUT2D eigenvalue weighted by Crippen LogP contribution is 2.14. The number of likely N-dealkylation sites (N-methyl/N-ethyl adjacent to an activating group) is 1. The van der Waals surface area contributed by atoms with Crippen molar-refractivity contribution in [3.63, 3.8) is 0 Å². The maximum atomic E-state index is 8.70. The Kier molecular flexibility index (Phi) is 2.08. The maximum absolute atomic E-state index is 8.70. The summed E-state index contributed by atoms with van der Waals surface area (Å²) in [6.07, 6.45) is 3.23. The Bertz CT molecular complexity index is 188. The Balaban J connectivity index is 2.75. The third-order valence-electron chi connectivity index (χ3n) is 1.94. The van der Waals surface area contributed by atoms with Gasteiger partial charge in [-0.15, -0.1) is 0 Å². The van der Waals surface area contributed by atoms with Gasteiger partial charge in [0, 0.05) is 6.54 Å². The van der Waals surface area contributed by atoms with E-state index in [4.69, 9.17) is 5.26 Å². The van der Waals surface area contributed by atoms with Gasteiger partial charge < -0.3 is 0 Å². The normalized spacial score (nSPS) is 27.3. The van der Waals surface area contributed by atoms with Crippen LogP contribution >= 0.6 is 0 Å². The van der Waals surface area contributed by atoms with Crippen LogP contribution in [0, 0.1) is 11.3 Å². The van der Waals surface area contributed by atoms with Crippen LogP contribution in [0.1, 0.15) is 13.3 Å². The van der Waals surface area contributed by atoms with Crippen molar-refractivity contribution in [3.05, 3.63) is 11.6 Å². The Morgan fingerprint density at radius 2 is 2.50 bits per heavy atom. The molecule has 0 bridgehead atoms. The van der Waals surface area contributed by atoms with E-state index in [1.807, 2.05) is 14.0 Å². The molecule has 1 aliphatic rings. The molecule has 1 atom stereocenters. The fourth-order valence-electron chi connectivity index (χ4n) is 1.28. The lowest BCUT2D eigenvalue weighted by Gasteiger charge is -2.26. The minimum atomic E-state index is 0.0220. The molecule has 2 nitrogen and oxygen atoms in total. The molecule has 0 saturated carbocycles. The van der Waals surface area contributed by atoms with Crippen molar-refractivity contribution >= 4 is 0 Å². The molecule has 0 aromatic carbocycles. The first kappa shape index (κ1) is 7.30. The van der Waals surface area contributed by atoms with E-state index in [0.29, 0.717) is 0 Å². The zero-order chi connectivity index (χ0) is 7.56. The van der Waals surface area contributed by atoms with Gasteiger partial charge in [-0.3, -0.25) is 4.90 Å². The van der Waals surface area contributed by atoms with Crippen LogP contribution in [0.25, 0.3) is 0 Å². The molecule has 0 aromatic rings. The maximum Gasteiger partial charge on any atom is 0.119 e. The highest BCUT2D eigenvalue weighted by Gasteiger charge is 2.17. The molecule has 1 aliphatic heterocycles. The first-order chi connectivity index (χ1) is 4.75. The molecule has 54 valence electrons. The number of rotatable bonds is 0. The van der Waals surface area contributed by atoms with Gasteiger partial charge in [0.2, 0.25) is 0 Å². The summed E-state index contributed by atoms with van der Waals surface area (Å²) in [7, 11) is 1.99. The summed E-state index contributed by atoms with van der Waals surface area (Å²) in [5.74, 6) is 0. The van der Waals surface area contributed by atoms with Gasteiger partial charge >= 0.3 is 0 Å². The lowest BCUT2D eigenvalue weighted by atomic mass is 10.0. The topological polar surface area (TPSA) is 27.0 Å². The van der Waals surface area contributed by atoms with Gasteiger partial charge in [0.05, 0.1) is 6.07 Å². The lowest BCUT2D eigenvalue weighted by Crippen LogP contribution is -2.34. The number of hydrogen-bond donors (Lipinski definition) is 0. The van der Waals surface area contributed by atoms with Crippen LogP contribution in [-0.4, -0.2) is 24.5 Å². The van der Waals surface area contributed by atoms with E-state index in [9.17, 15) is 0 Å². The lowest BCUT2D eigenvalue weighted by molar-refractivity contribution is 0.306. The molecule has 0 N–H and O–H groups in total. The van der Waals surface area contributed by atoms with E-state index in [0.717, 1.165) is 13.0 Å². The average Bonchev–Trinajstić information content (AvgIpc) is 1.88. The van der Waals surface area contributed by atoms with E-state index < -0.39 is 0 Å². The van der Waals surface area contributed by atoms with E-state index in [2.05, 4.69) is 17.0 Å². The van der Waals surface area contributed by atoms with E-state index >= 15 is 0 Å². The van der Waals surface area contributed by atoms with Crippen molar-refractivity contribution < 1.29 is 0 Å². The van der Waals surface area contributed by atoms with Crippen LogP contribution in [0.3, 0.4) is 0 Å². The predicted octanol–water partition coefficient (Wildman–Crippen LogP) is 1.16. The third-order valence-corrected chi connectivity index (χ3v) is 1.94. The summed E-state index contributed by atoms with van der Waals surface area (Å²) in [6.45, 7) is 3.03. The second kappa shape index (κ2) is 2.85. The number of hydrogen-bond acceptors (Lipinski definition) is 2. The summed E-state index contributed by atoms with van der Waals surface area (Å²) >= 11 is 0. The second-order valence-electron chi connectivity index (χ2n) is 2.75. The molecule has 0 aromatic heterocycles. The highest BCUT2D eigenvalue weighted by atomic mass is 15.1. The monoisotopic (exact) mass is 136 g/mol. The third kappa shape index (κ3) is 1.19. The SMILES string of the molecule is CC1=CCCN(C)C1C#N. The fourth-order valence-corrected chi connectivity index (χ4v) is 1.28. The fraction of sp³-hybridized carbons (Fsp3) is 0.625. The van der Waals surface area contributed by atoms with Crippen LogP contribution in [0.5, 0.6) is 0 Å². The van der Waals surface area contributed by atoms with Crippen LogP contribution in [0.4, 0.5) is 0 Å². The minimum Gasteiger partial charge on any atom is -0.287 e. The summed E-state index contributed by atoms with van der Waals surface area (Å²) in [5, 5.41) is 8.70. The molecule has 1 unspecified atom stereocenters. The molecule has 0 fully saturated rings.